The quantitative estimate of drug-likeness (QED) is 0.924. The normalized spacial score (nSPS) is 20.1. The van der Waals surface area contributed by atoms with Crippen molar-refractivity contribution in [3.05, 3.63) is 18.1 Å². The Hall–Kier alpha value is -2.18. The van der Waals surface area contributed by atoms with Crippen LogP contribution in [0.4, 0.5) is 5.82 Å². The molecule has 0 unspecified atom stereocenters. The highest BCUT2D eigenvalue weighted by Gasteiger charge is 2.26. The number of anilines is 1. The van der Waals surface area contributed by atoms with E-state index in [1.54, 1.807) is 10.8 Å². The largest absolute Gasteiger partial charge is 0.356 e. The monoisotopic (exact) mass is 342 g/mol. The minimum atomic E-state index is 0.240. The lowest BCUT2D eigenvalue weighted by molar-refractivity contribution is -0.126. The van der Waals surface area contributed by atoms with Gasteiger partial charge < -0.3 is 10.2 Å². The van der Waals surface area contributed by atoms with Crippen LogP contribution >= 0.6 is 0 Å². The summed E-state index contributed by atoms with van der Waals surface area (Å²) in [4.78, 5) is 23.4. The molecule has 1 saturated carbocycles. The molecule has 2 aromatic heterocycles. The molecule has 1 aliphatic heterocycles. The number of nitrogens with zero attached hydrogens (tertiary/aromatic N) is 5. The molecule has 0 radical (unpaired) electrons. The van der Waals surface area contributed by atoms with E-state index in [0.717, 1.165) is 50.3 Å². The first-order valence-corrected chi connectivity index (χ1v) is 9.43. The molecule has 4 rings (SSSR count). The molecule has 1 aliphatic carbocycles. The van der Waals surface area contributed by atoms with Crippen LogP contribution in [0.3, 0.4) is 0 Å². The molecule has 134 valence electrons. The number of fused-ring (bicyclic) bond motifs is 1. The second-order valence-electron chi connectivity index (χ2n) is 7.33. The van der Waals surface area contributed by atoms with Crippen LogP contribution in [0.25, 0.3) is 5.78 Å². The number of piperidine rings is 1. The maximum Gasteiger partial charge on any atom is 0.254 e. The zero-order valence-corrected chi connectivity index (χ0v) is 14.8. The van der Waals surface area contributed by atoms with Gasteiger partial charge in [-0.1, -0.05) is 19.3 Å². The van der Waals surface area contributed by atoms with E-state index >= 15 is 0 Å². The lowest BCUT2D eigenvalue weighted by Crippen LogP contribution is -2.47. The van der Waals surface area contributed by atoms with E-state index in [9.17, 15) is 4.79 Å². The second-order valence-corrected chi connectivity index (χ2v) is 7.33. The van der Waals surface area contributed by atoms with Crippen molar-refractivity contribution in [1.82, 2.24) is 24.9 Å². The van der Waals surface area contributed by atoms with Crippen molar-refractivity contribution in [1.29, 1.82) is 0 Å². The van der Waals surface area contributed by atoms with Crippen LogP contribution in [0.5, 0.6) is 0 Å². The lowest BCUT2D eigenvalue weighted by atomic mass is 9.88. The second kappa shape index (κ2) is 6.98. The fourth-order valence-corrected chi connectivity index (χ4v) is 4.07. The summed E-state index contributed by atoms with van der Waals surface area (Å²) >= 11 is 0. The van der Waals surface area contributed by atoms with Crippen LogP contribution in [0, 0.1) is 12.8 Å². The summed E-state index contributed by atoms with van der Waals surface area (Å²) in [6.45, 7) is 3.80. The van der Waals surface area contributed by atoms with Crippen molar-refractivity contribution in [3.63, 3.8) is 0 Å². The molecule has 2 aromatic rings. The van der Waals surface area contributed by atoms with E-state index in [0.29, 0.717) is 11.8 Å². The van der Waals surface area contributed by atoms with Gasteiger partial charge in [0, 0.05) is 36.8 Å². The summed E-state index contributed by atoms with van der Waals surface area (Å²) in [5.74, 6) is 2.20. The molecule has 1 amide bonds. The standard InChI is InChI=1S/C18H26N6O/c1-13-11-16(24-18(21-13)19-12-20-24)23-9-7-15(8-10-23)22-17(25)14-5-3-2-4-6-14/h11-12,14-15H,2-10H2,1H3,(H,22,25). The van der Waals surface area contributed by atoms with Crippen LogP contribution in [0.2, 0.25) is 0 Å². The van der Waals surface area contributed by atoms with Crippen molar-refractivity contribution < 1.29 is 4.79 Å². The Morgan fingerprint density at radius 2 is 1.92 bits per heavy atom. The smallest absolute Gasteiger partial charge is 0.254 e. The predicted molar refractivity (Wildman–Crippen MR) is 95.5 cm³/mol. The topological polar surface area (TPSA) is 75.4 Å². The third-order valence-electron chi connectivity index (χ3n) is 5.50. The van der Waals surface area contributed by atoms with Gasteiger partial charge in [-0.25, -0.2) is 4.98 Å². The van der Waals surface area contributed by atoms with Crippen LogP contribution in [0.15, 0.2) is 12.4 Å². The van der Waals surface area contributed by atoms with E-state index in [1.165, 1.54) is 19.3 Å². The molecule has 0 bridgehead atoms. The fourth-order valence-electron chi connectivity index (χ4n) is 4.07. The molecule has 25 heavy (non-hydrogen) atoms. The summed E-state index contributed by atoms with van der Waals surface area (Å²) in [6.07, 6.45) is 9.28. The molecule has 0 atom stereocenters. The third kappa shape index (κ3) is 3.45. The van der Waals surface area contributed by atoms with Crippen LogP contribution in [-0.4, -0.2) is 44.6 Å². The molecule has 7 nitrogen and oxygen atoms in total. The maximum atomic E-state index is 12.4. The summed E-state index contributed by atoms with van der Waals surface area (Å²) < 4.78 is 1.80. The molecule has 1 N–H and O–H groups in total. The number of carbonyl (C=O) groups is 1. The molecule has 3 heterocycles. The highest BCUT2D eigenvalue weighted by molar-refractivity contribution is 5.79. The number of amides is 1. The summed E-state index contributed by atoms with van der Waals surface area (Å²) in [5.41, 5.74) is 0.947. The van der Waals surface area contributed by atoms with Gasteiger partial charge in [0.2, 0.25) is 5.91 Å². The molecule has 2 fully saturated rings. The Kier molecular flexibility index (Phi) is 4.55. The molecule has 0 spiro atoms. The van der Waals surface area contributed by atoms with E-state index in [2.05, 4.69) is 31.3 Å². The SMILES string of the molecule is Cc1cc(N2CCC(NC(=O)C3CCCCC3)CC2)n2ncnc2n1. The van der Waals surface area contributed by atoms with Crippen molar-refractivity contribution in [2.24, 2.45) is 5.92 Å². The van der Waals surface area contributed by atoms with Crippen molar-refractivity contribution in [2.45, 2.75) is 57.9 Å². The van der Waals surface area contributed by atoms with E-state index in [1.807, 2.05) is 6.92 Å². The number of rotatable bonds is 3. The average molecular weight is 342 g/mol. The summed E-state index contributed by atoms with van der Waals surface area (Å²) in [5, 5.41) is 7.59. The minimum absolute atomic E-state index is 0.240. The highest BCUT2D eigenvalue weighted by atomic mass is 16.1. The van der Waals surface area contributed by atoms with E-state index < -0.39 is 0 Å². The third-order valence-corrected chi connectivity index (χ3v) is 5.50. The van der Waals surface area contributed by atoms with Crippen molar-refractivity contribution in [3.8, 4) is 0 Å². The van der Waals surface area contributed by atoms with Gasteiger partial charge in [0.05, 0.1) is 0 Å². The van der Waals surface area contributed by atoms with Gasteiger partial charge >= 0.3 is 0 Å². The Morgan fingerprint density at radius 1 is 1.16 bits per heavy atom. The minimum Gasteiger partial charge on any atom is -0.356 e. The Balaban J connectivity index is 1.38. The van der Waals surface area contributed by atoms with Gasteiger partial charge in [0.1, 0.15) is 12.1 Å². The van der Waals surface area contributed by atoms with Gasteiger partial charge in [0.15, 0.2) is 0 Å². The van der Waals surface area contributed by atoms with Crippen LogP contribution in [-0.2, 0) is 4.79 Å². The van der Waals surface area contributed by atoms with Crippen molar-refractivity contribution >= 4 is 17.5 Å². The zero-order chi connectivity index (χ0) is 17.2. The molecule has 7 heteroatoms. The summed E-state index contributed by atoms with van der Waals surface area (Å²) in [7, 11) is 0. The van der Waals surface area contributed by atoms with Crippen molar-refractivity contribution in [2.75, 3.05) is 18.0 Å². The lowest BCUT2D eigenvalue weighted by Gasteiger charge is -2.34. The highest BCUT2D eigenvalue weighted by Crippen LogP contribution is 2.25. The number of hydrogen-bond donors (Lipinski definition) is 1. The summed E-state index contributed by atoms with van der Waals surface area (Å²) in [6, 6.07) is 2.35. The number of carbonyl (C=O) groups excluding carboxylic acids is 1. The van der Waals surface area contributed by atoms with E-state index in [-0.39, 0.29) is 11.8 Å². The first kappa shape index (κ1) is 16.3. The first-order chi connectivity index (χ1) is 12.2. The molecular weight excluding hydrogens is 316 g/mol. The van der Waals surface area contributed by atoms with Gasteiger partial charge in [-0.2, -0.15) is 14.6 Å². The van der Waals surface area contributed by atoms with E-state index in [4.69, 9.17) is 0 Å². The van der Waals surface area contributed by atoms with Crippen LogP contribution in [0.1, 0.15) is 50.6 Å². The number of hydrogen-bond acceptors (Lipinski definition) is 5. The maximum absolute atomic E-state index is 12.4. The number of aromatic nitrogens is 4. The Labute approximate surface area is 147 Å². The number of nitrogens with one attached hydrogen (secondary N) is 1. The predicted octanol–water partition coefficient (Wildman–Crippen LogP) is 2.10. The zero-order valence-electron chi connectivity index (χ0n) is 14.8. The van der Waals surface area contributed by atoms with Gasteiger partial charge in [0.25, 0.3) is 5.78 Å². The van der Waals surface area contributed by atoms with Gasteiger partial charge in [-0.05, 0) is 32.6 Å². The molecule has 0 aromatic carbocycles. The molecule has 1 saturated heterocycles. The molecule has 2 aliphatic rings. The van der Waals surface area contributed by atoms with Crippen LogP contribution < -0.4 is 10.2 Å². The average Bonchev–Trinajstić information content (AvgIpc) is 3.11. The Bertz CT molecular complexity index is 743. The van der Waals surface area contributed by atoms with Gasteiger partial charge in [-0.15, -0.1) is 0 Å². The Morgan fingerprint density at radius 3 is 2.68 bits per heavy atom. The number of aryl methyl sites for hydroxylation is 1. The fraction of sp³-hybridized carbons (Fsp3) is 0.667. The molecular formula is C18H26N6O. The first-order valence-electron chi connectivity index (χ1n) is 9.43. The van der Waals surface area contributed by atoms with Gasteiger partial charge in [-0.3, -0.25) is 4.79 Å².